The molecule has 0 bridgehead atoms. The predicted octanol–water partition coefficient (Wildman–Crippen LogP) is 1.54. The fraction of sp³-hybridized carbons (Fsp3) is 0.435. The number of carbonyl (C=O) groups excluding carboxylic acids is 1. The van der Waals surface area contributed by atoms with Gasteiger partial charge < -0.3 is 14.8 Å². The molecule has 0 spiro atoms. The van der Waals surface area contributed by atoms with Crippen LogP contribution in [0.2, 0.25) is 0 Å². The number of sulfonamides is 2. The summed E-state index contributed by atoms with van der Waals surface area (Å²) in [5, 5.41) is 2.82. The molecule has 1 N–H and O–H groups in total. The van der Waals surface area contributed by atoms with Gasteiger partial charge in [0.2, 0.25) is 26.0 Å². The van der Waals surface area contributed by atoms with Gasteiger partial charge >= 0.3 is 0 Å². The number of piperidine rings is 1. The molecule has 1 aliphatic heterocycles. The van der Waals surface area contributed by atoms with Crippen LogP contribution in [0.4, 0.5) is 0 Å². The number of amides is 1. The Morgan fingerprint density at radius 3 is 2.03 bits per heavy atom. The second kappa shape index (κ2) is 11.4. The molecule has 0 aliphatic carbocycles. The highest BCUT2D eigenvalue weighted by molar-refractivity contribution is 7.89. The summed E-state index contributed by atoms with van der Waals surface area (Å²) in [5.41, 5.74) is 0. The van der Waals surface area contributed by atoms with E-state index in [1.54, 1.807) is 24.3 Å². The number of hydrogen-bond acceptors (Lipinski definition) is 7. The minimum absolute atomic E-state index is 0.137. The number of nitrogens with one attached hydrogen (secondary N) is 1. The highest BCUT2D eigenvalue weighted by Crippen LogP contribution is 2.25. The summed E-state index contributed by atoms with van der Waals surface area (Å²) in [5.74, 6) is 0.668. The van der Waals surface area contributed by atoms with Crippen LogP contribution < -0.4 is 14.8 Å². The lowest BCUT2D eigenvalue weighted by atomic mass is 9.97. The Bertz CT molecular complexity index is 1200. The number of hydrogen-bond donors (Lipinski definition) is 1. The summed E-state index contributed by atoms with van der Waals surface area (Å²) in [6.07, 6.45) is 0.869. The summed E-state index contributed by atoms with van der Waals surface area (Å²) < 4.78 is 63.1. The van der Waals surface area contributed by atoms with Crippen molar-refractivity contribution in [3.8, 4) is 11.5 Å². The molecule has 35 heavy (non-hydrogen) atoms. The monoisotopic (exact) mass is 525 g/mol. The molecule has 1 fully saturated rings. The first-order valence-electron chi connectivity index (χ1n) is 11.1. The first-order chi connectivity index (χ1) is 16.6. The number of ether oxygens (including phenoxy) is 2. The van der Waals surface area contributed by atoms with Crippen LogP contribution in [0.1, 0.15) is 12.8 Å². The van der Waals surface area contributed by atoms with Gasteiger partial charge in [0, 0.05) is 33.1 Å². The van der Waals surface area contributed by atoms with E-state index in [1.165, 1.54) is 49.8 Å². The van der Waals surface area contributed by atoms with Crippen molar-refractivity contribution in [2.75, 3.05) is 47.4 Å². The molecule has 0 aromatic heterocycles. The maximum Gasteiger partial charge on any atom is 0.243 e. The molecule has 0 atom stereocenters. The molecular formula is C23H31N3O7S2. The molecule has 0 saturated carbocycles. The summed E-state index contributed by atoms with van der Waals surface area (Å²) in [4.78, 5) is 12.9. The molecular weight excluding hydrogens is 494 g/mol. The van der Waals surface area contributed by atoms with Crippen LogP contribution in [0.25, 0.3) is 0 Å². The summed E-state index contributed by atoms with van der Waals surface area (Å²) >= 11 is 0. The zero-order valence-electron chi connectivity index (χ0n) is 20.0. The molecule has 0 radical (unpaired) electrons. The van der Waals surface area contributed by atoms with E-state index in [0.717, 1.165) is 4.31 Å². The van der Waals surface area contributed by atoms with Gasteiger partial charge in [-0.25, -0.2) is 21.1 Å². The minimum atomic E-state index is -3.62. The highest BCUT2D eigenvalue weighted by atomic mass is 32.2. The Balaban J connectivity index is 1.42. The first-order valence-corrected chi connectivity index (χ1v) is 14.0. The van der Waals surface area contributed by atoms with Gasteiger partial charge in [-0.2, -0.15) is 4.31 Å². The van der Waals surface area contributed by atoms with E-state index in [1.807, 2.05) is 0 Å². The van der Waals surface area contributed by atoms with E-state index < -0.39 is 20.0 Å². The molecule has 1 heterocycles. The van der Waals surface area contributed by atoms with E-state index >= 15 is 0 Å². The number of carbonyl (C=O) groups is 1. The van der Waals surface area contributed by atoms with E-state index in [2.05, 4.69) is 5.32 Å². The predicted molar refractivity (Wildman–Crippen MR) is 130 cm³/mol. The second-order valence-electron chi connectivity index (χ2n) is 8.25. The molecule has 2 aromatic carbocycles. The number of benzene rings is 2. The van der Waals surface area contributed by atoms with Gasteiger partial charge in [0.25, 0.3) is 0 Å². The van der Waals surface area contributed by atoms with E-state index in [-0.39, 0.29) is 47.9 Å². The number of nitrogens with zero attached hydrogens (tertiary/aromatic N) is 2. The van der Waals surface area contributed by atoms with Crippen LogP contribution in [0.5, 0.6) is 11.5 Å². The summed E-state index contributed by atoms with van der Waals surface area (Å²) in [6, 6.07) is 12.3. The van der Waals surface area contributed by atoms with Gasteiger partial charge in [0.05, 0.1) is 23.4 Å². The first kappa shape index (κ1) is 26.9. The van der Waals surface area contributed by atoms with Crippen molar-refractivity contribution in [1.82, 2.24) is 13.9 Å². The lowest BCUT2D eigenvalue weighted by Gasteiger charge is -2.30. The van der Waals surface area contributed by atoms with E-state index in [0.29, 0.717) is 24.3 Å². The van der Waals surface area contributed by atoms with E-state index in [4.69, 9.17) is 9.47 Å². The summed E-state index contributed by atoms with van der Waals surface area (Å²) in [6.45, 7) is 1.04. The third kappa shape index (κ3) is 6.51. The molecule has 2 aromatic rings. The van der Waals surface area contributed by atoms with Crippen molar-refractivity contribution in [3.63, 3.8) is 0 Å². The van der Waals surface area contributed by atoms with Crippen molar-refractivity contribution in [2.45, 2.75) is 22.6 Å². The third-order valence-electron chi connectivity index (χ3n) is 5.79. The van der Waals surface area contributed by atoms with Gasteiger partial charge in [0.15, 0.2) is 0 Å². The minimum Gasteiger partial charge on any atom is -0.497 e. The Hall–Kier alpha value is -2.67. The molecule has 1 amide bonds. The highest BCUT2D eigenvalue weighted by Gasteiger charge is 2.32. The van der Waals surface area contributed by atoms with Crippen LogP contribution in [-0.2, 0) is 24.8 Å². The normalized spacial score (nSPS) is 15.7. The topological polar surface area (TPSA) is 122 Å². The lowest BCUT2D eigenvalue weighted by Crippen LogP contribution is -2.43. The van der Waals surface area contributed by atoms with Crippen LogP contribution in [0.3, 0.4) is 0 Å². The SMILES string of the molecule is COc1ccc(S(=O)(=O)N2CCC(C(=O)NCCOc3ccc(S(=O)(=O)N(C)C)cc3)CC2)cc1. The third-order valence-corrected chi connectivity index (χ3v) is 9.54. The average Bonchev–Trinajstić information content (AvgIpc) is 2.86. The average molecular weight is 526 g/mol. The molecule has 1 saturated heterocycles. The Kier molecular flexibility index (Phi) is 8.75. The maximum absolute atomic E-state index is 12.9. The molecule has 3 rings (SSSR count). The quantitative estimate of drug-likeness (QED) is 0.467. The van der Waals surface area contributed by atoms with Crippen molar-refractivity contribution >= 4 is 26.0 Å². The summed E-state index contributed by atoms with van der Waals surface area (Å²) in [7, 11) is -2.67. The van der Waals surface area contributed by atoms with Gasteiger partial charge in [-0.3, -0.25) is 4.79 Å². The number of methoxy groups -OCH3 is 1. The van der Waals surface area contributed by atoms with Crippen LogP contribution in [0, 0.1) is 5.92 Å². The van der Waals surface area contributed by atoms with Gasteiger partial charge in [-0.15, -0.1) is 0 Å². The number of rotatable bonds is 10. The Morgan fingerprint density at radius 2 is 1.49 bits per heavy atom. The Labute approximate surface area is 206 Å². The van der Waals surface area contributed by atoms with Crippen LogP contribution in [-0.4, -0.2) is 78.8 Å². The molecule has 12 heteroatoms. The lowest BCUT2D eigenvalue weighted by molar-refractivity contribution is -0.126. The Morgan fingerprint density at radius 1 is 0.943 bits per heavy atom. The van der Waals surface area contributed by atoms with Crippen molar-refractivity contribution in [3.05, 3.63) is 48.5 Å². The fourth-order valence-electron chi connectivity index (χ4n) is 3.66. The molecule has 1 aliphatic rings. The van der Waals surface area contributed by atoms with E-state index in [9.17, 15) is 21.6 Å². The van der Waals surface area contributed by atoms with Crippen LogP contribution >= 0.6 is 0 Å². The second-order valence-corrected chi connectivity index (χ2v) is 12.3. The molecule has 0 unspecified atom stereocenters. The van der Waals surface area contributed by atoms with Crippen LogP contribution in [0.15, 0.2) is 58.3 Å². The van der Waals surface area contributed by atoms with Gasteiger partial charge in [-0.05, 0) is 61.4 Å². The van der Waals surface area contributed by atoms with Crippen molar-refractivity contribution in [2.24, 2.45) is 5.92 Å². The maximum atomic E-state index is 12.9. The van der Waals surface area contributed by atoms with Gasteiger partial charge in [0.1, 0.15) is 18.1 Å². The van der Waals surface area contributed by atoms with Crippen molar-refractivity contribution < 1.29 is 31.1 Å². The largest absolute Gasteiger partial charge is 0.497 e. The standard InChI is InChI=1S/C23H31N3O7S2/c1-25(2)34(28,29)21-10-6-20(7-11-21)33-17-14-24-23(27)18-12-15-26(16-13-18)35(30,31)22-8-4-19(32-3)5-9-22/h4-11,18H,12-17H2,1-3H3,(H,24,27). The zero-order chi connectivity index (χ0) is 25.6. The smallest absolute Gasteiger partial charge is 0.243 e. The molecule has 10 nitrogen and oxygen atoms in total. The zero-order valence-corrected chi connectivity index (χ0v) is 21.6. The molecule has 192 valence electrons. The fourth-order valence-corrected chi connectivity index (χ4v) is 6.03. The van der Waals surface area contributed by atoms with Crippen molar-refractivity contribution in [1.29, 1.82) is 0 Å². The van der Waals surface area contributed by atoms with Gasteiger partial charge in [-0.1, -0.05) is 0 Å².